The molecule has 0 spiro atoms. The number of rotatable bonds is 3. The zero-order chi connectivity index (χ0) is 18.6. The van der Waals surface area contributed by atoms with E-state index in [2.05, 4.69) is 20.8 Å². The van der Waals surface area contributed by atoms with Gasteiger partial charge in [-0.2, -0.15) is 0 Å². The number of halogens is 1. The molecule has 1 saturated heterocycles. The van der Waals surface area contributed by atoms with Crippen LogP contribution in [0.2, 0.25) is 0 Å². The van der Waals surface area contributed by atoms with Gasteiger partial charge in [-0.05, 0) is 36.2 Å². The summed E-state index contributed by atoms with van der Waals surface area (Å²) in [6, 6.07) is 13.2. The van der Waals surface area contributed by atoms with Crippen LogP contribution in [0.5, 0.6) is 0 Å². The molecule has 140 valence electrons. The fourth-order valence-electron chi connectivity index (χ4n) is 4.16. The maximum absolute atomic E-state index is 13.2. The molecule has 27 heavy (non-hydrogen) atoms. The molecule has 2 aliphatic rings. The third-order valence-electron chi connectivity index (χ3n) is 5.43. The van der Waals surface area contributed by atoms with Crippen LogP contribution in [0, 0.1) is 0 Å². The van der Waals surface area contributed by atoms with Crippen molar-refractivity contribution < 1.29 is 13.2 Å². The largest absolute Gasteiger partial charge is 0.379 e. The normalized spacial score (nSPS) is 18.6. The Morgan fingerprint density at radius 2 is 1.85 bits per heavy atom. The van der Waals surface area contributed by atoms with Crippen LogP contribution < -0.4 is 0 Å². The van der Waals surface area contributed by atoms with E-state index in [1.807, 2.05) is 30.3 Å². The molecule has 3 aromatic rings. The van der Waals surface area contributed by atoms with E-state index in [0.29, 0.717) is 4.90 Å². The predicted molar refractivity (Wildman–Crippen MR) is 109 cm³/mol. The minimum atomic E-state index is -3.57. The number of nitrogens with zero attached hydrogens (tertiary/aromatic N) is 2. The maximum atomic E-state index is 13.2. The summed E-state index contributed by atoms with van der Waals surface area (Å²) in [4.78, 5) is 2.77. The van der Waals surface area contributed by atoms with Gasteiger partial charge in [0.15, 0.2) is 0 Å². The van der Waals surface area contributed by atoms with Crippen molar-refractivity contribution in [3.05, 3.63) is 52.5 Å². The number of ether oxygens (including phenoxy) is 1. The lowest BCUT2D eigenvalue weighted by Gasteiger charge is -2.26. The van der Waals surface area contributed by atoms with Crippen molar-refractivity contribution in [1.29, 1.82) is 0 Å². The van der Waals surface area contributed by atoms with E-state index < -0.39 is 10.0 Å². The third-order valence-corrected chi connectivity index (χ3v) is 7.70. The van der Waals surface area contributed by atoms with E-state index in [0.717, 1.165) is 71.5 Å². The summed E-state index contributed by atoms with van der Waals surface area (Å²) in [5.41, 5.74) is 3.48. The highest BCUT2D eigenvalue weighted by Crippen LogP contribution is 2.45. The Kier molecular flexibility index (Phi) is 4.16. The summed E-state index contributed by atoms with van der Waals surface area (Å²) in [7, 11) is -3.57. The first-order chi connectivity index (χ1) is 13.1. The number of fused-ring (bicyclic) bond motifs is 5. The fraction of sp³-hybridized carbons (Fsp3) is 0.300. The molecule has 0 aliphatic carbocycles. The number of aromatic nitrogens is 1. The van der Waals surface area contributed by atoms with Crippen LogP contribution in [-0.4, -0.2) is 50.1 Å². The number of para-hydroxylation sites is 1. The molecule has 0 unspecified atom stereocenters. The fourth-order valence-corrected chi connectivity index (χ4v) is 6.25. The quantitative estimate of drug-likeness (QED) is 0.483. The molecule has 7 heteroatoms. The molecular formula is C20H19BrN2O3S. The number of morpholine rings is 1. The predicted octanol–water partition coefficient (Wildman–Crippen LogP) is 3.50. The lowest BCUT2D eigenvalue weighted by Crippen LogP contribution is -2.37. The van der Waals surface area contributed by atoms with Gasteiger partial charge in [-0.15, -0.1) is 0 Å². The van der Waals surface area contributed by atoms with Gasteiger partial charge in [0.2, 0.25) is 0 Å². The summed E-state index contributed by atoms with van der Waals surface area (Å²) in [5, 5.41) is 1.02. The summed E-state index contributed by atoms with van der Waals surface area (Å²) in [6.07, 6.45) is 0.810. The highest BCUT2D eigenvalue weighted by atomic mass is 79.9. The Hall–Kier alpha value is -1.67. The minimum Gasteiger partial charge on any atom is -0.379 e. The van der Waals surface area contributed by atoms with Crippen molar-refractivity contribution in [2.75, 3.05) is 32.8 Å². The second-order valence-electron chi connectivity index (χ2n) is 6.96. The molecule has 0 radical (unpaired) electrons. The molecule has 0 N–H and O–H groups in total. The van der Waals surface area contributed by atoms with Crippen LogP contribution in [0.3, 0.4) is 0 Å². The molecule has 0 bridgehead atoms. The molecule has 5 nitrogen and oxygen atoms in total. The first kappa shape index (κ1) is 17.4. The molecule has 0 atom stereocenters. The van der Waals surface area contributed by atoms with Gasteiger partial charge >= 0.3 is 0 Å². The van der Waals surface area contributed by atoms with E-state index in [1.165, 1.54) is 3.97 Å². The topological polar surface area (TPSA) is 51.5 Å². The van der Waals surface area contributed by atoms with E-state index in [1.54, 1.807) is 12.1 Å². The average Bonchev–Trinajstić information content (AvgIpc) is 3.12. The monoisotopic (exact) mass is 446 g/mol. The van der Waals surface area contributed by atoms with E-state index in [4.69, 9.17) is 4.74 Å². The Morgan fingerprint density at radius 1 is 1.07 bits per heavy atom. The SMILES string of the molecule is O=S1(=O)c2ccc(Br)cc2-c2c(CCN3CCOCC3)c3ccccc3n21. The van der Waals surface area contributed by atoms with Crippen LogP contribution in [0.15, 0.2) is 51.8 Å². The van der Waals surface area contributed by atoms with E-state index in [9.17, 15) is 8.42 Å². The first-order valence-corrected chi connectivity index (χ1v) is 11.3. The Labute approximate surface area is 166 Å². The van der Waals surface area contributed by atoms with Gasteiger partial charge < -0.3 is 4.74 Å². The molecule has 1 aromatic heterocycles. The lowest BCUT2D eigenvalue weighted by atomic mass is 10.0. The third kappa shape index (κ3) is 2.68. The Balaban J connectivity index is 1.70. The summed E-state index contributed by atoms with van der Waals surface area (Å²) < 4.78 is 34.3. The highest BCUT2D eigenvalue weighted by molar-refractivity contribution is 9.10. The Morgan fingerprint density at radius 3 is 2.67 bits per heavy atom. The molecule has 0 amide bonds. The zero-order valence-corrected chi connectivity index (χ0v) is 17.1. The van der Waals surface area contributed by atoms with Crippen LogP contribution in [0.1, 0.15) is 5.56 Å². The van der Waals surface area contributed by atoms with Gasteiger partial charge in [0.05, 0.1) is 29.3 Å². The molecule has 3 heterocycles. The van der Waals surface area contributed by atoms with Crippen molar-refractivity contribution >= 4 is 36.9 Å². The summed E-state index contributed by atoms with van der Waals surface area (Å²) in [5.74, 6) is 0. The van der Waals surface area contributed by atoms with Gasteiger partial charge in [-0.1, -0.05) is 34.1 Å². The summed E-state index contributed by atoms with van der Waals surface area (Å²) in [6.45, 7) is 4.27. The molecule has 1 fully saturated rings. The number of hydrogen-bond acceptors (Lipinski definition) is 4. The minimum absolute atomic E-state index is 0.388. The van der Waals surface area contributed by atoms with Crippen molar-refractivity contribution in [2.24, 2.45) is 0 Å². The highest BCUT2D eigenvalue weighted by Gasteiger charge is 2.37. The second kappa shape index (κ2) is 6.44. The van der Waals surface area contributed by atoms with Crippen LogP contribution in [0.4, 0.5) is 0 Å². The van der Waals surface area contributed by atoms with E-state index >= 15 is 0 Å². The number of benzene rings is 2. The van der Waals surface area contributed by atoms with Gasteiger partial charge in [-0.3, -0.25) is 4.90 Å². The van der Waals surface area contributed by atoms with E-state index in [-0.39, 0.29) is 0 Å². The molecule has 2 aromatic carbocycles. The Bertz CT molecular complexity index is 1150. The summed E-state index contributed by atoms with van der Waals surface area (Å²) >= 11 is 3.50. The smallest absolute Gasteiger partial charge is 0.269 e. The van der Waals surface area contributed by atoms with Crippen LogP contribution >= 0.6 is 15.9 Å². The van der Waals surface area contributed by atoms with Crippen molar-refractivity contribution in [1.82, 2.24) is 8.87 Å². The van der Waals surface area contributed by atoms with Crippen molar-refractivity contribution in [3.63, 3.8) is 0 Å². The zero-order valence-electron chi connectivity index (χ0n) is 14.7. The standard InChI is InChI=1S/C20H19BrN2O3S/c21-14-5-6-19-17(13-14)20-16(7-8-22-9-11-26-12-10-22)15-3-1-2-4-18(15)23(20)27(19,24)25/h1-6,13H,7-12H2. The molecular weight excluding hydrogens is 428 g/mol. The van der Waals surface area contributed by atoms with Gasteiger partial charge in [0.25, 0.3) is 10.0 Å². The second-order valence-corrected chi connectivity index (χ2v) is 9.63. The van der Waals surface area contributed by atoms with Crippen LogP contribution in [-0.2, 0) is 21.2 Å². The lowest BCUT2D eigenvalue weighted by molar-refractivity contribution is 0.0385. The van der Waals surface area contributed by atoms with Crippen LogP contribution in [0.25, 0.3) is 22.2 Å². The van der Waals surface area contributed by atoms with Crippen molar-refractivity contribution in [3.8, 4) is 11.3 Å². The average molecular weight is 447 g/mol. The molecule has 2 aliphatic heterocycles. The number of hydrogen-bond donors (Lipinski definition) is 0. The van der Waals surface area contributed by atoms with Crippen molar-refractivity contribution in [2.45, 2.75) is 11.3 Å². The molecule has 0 saturated carbocycles. The first-order valence-electron chi connectivity index (χ1n) is 9.05. The van der Waals surface area contributed by atoms with Gasteiger partial charge in [0.1, 0.15) is 0 Å². The molecule has 5 rings (SSSR count). The maximum Gasteiger partial charge on any atom is 0.269 e. The van der Waals surface area contributed by atoms with Gasteiger partial charge in [0, 0.05) is 35.1 Å². The van der Waals surface area contributed by atoms with Gasteiger partial charge in [-0.25, -0.2) is 12.4 Å².